The predicted octanol–water partition coefficient (Wildman–Crippen LogP) is 5.52. The Hall–Kier alpha value is -3.84. The van der Waals surface area contributed by atoms with Gasteiger partial charge in [0.05, 0.1) is 33.5 Å². The molecule has 1 aromatic heterocycles. The number of piperazine rings is 1. The molecule has 2 aliphatic rings. The highest BCUT2D eigenvalue weighted by atomic mass is 35.5. The highest BCUT2D eigenvalue weighted by Crippen LogP contribution is 2.31. The first kappa shape index (κ1) is 32.1. The maximum Gasteiger partial charge on any atom is 0.243 e. The zero-order valence-electron chi connectivity index (χ0n) is 24.5. The smallest absolute Gasteiger partial charge is 0.243 e. The van der Waals surface area contributed by atoms with Crippen LogP contribution in [0.1, 0.15) is 18.5 Å². The molecule has 0 saturated carbocycles. The van der Waals surface area contributed by atoms with Crippen molar-refractivity contribution in [2.24, 2.45) is 0 Å². The number of nitrogens with zero attached hydrogens (tertiary/aromatic N) is 5. The average Bonchev–Trinajstić information content (AvgIpc) is 3.56. The molecule has 1 atom stereocenters. The summed E-state index contributed by atoms with van der Waals surface area (Å²) in [6.07, 6.45) is 0.855. The van der Waals surface area contributed by atoms with Crippen molar-refractivity contribution in [3.8, 4) is 11.3 Å². The zero-order chi connectivity index (χ0) is 32.4. The molecule has 3 aromatic carbocycles. The molecule has 3 heterocycles. The van der Waals surface area contributed by atoms with Crippen LogP contribution >= 0.6 is 23.2 Å². The highest BCUT2D eigenvalue weighted by Gasteiger charge is 2.39. The lowest BCUT2D eigenvalue weighted by atomic mass is 10.1. The van der Waals surface area contributed by atoms with Gasteiger partial charge >= 0.3 is 0 Å². The third-order valence-corrected chi connectivity index (χ3v) is 10.6. The zero-order valence-corrected chi connectivity index (χ0v) is 26.9. The van der Waals surface area contributed by atoms with Crippen molar-refractivity contribution >= 4 is 50.8 Å². The van der Waals surface area contributed by atoms with Crippen LogP contribution in [-0.4, -0.2) is 67.4 Å². The van der Waals surface area contributed by atoms with Gasteiger partial charge in [-0.15, -0.1) is 0 Å². The summed E-state index contributed by atoms with van der Waals surface area (Å²) in [5.41, 5.74) is 2.17. The van der Waals surface area contributed by atoms with Crippen molar-refractivity contribution < 1.29 is 22.0 Å². The number of hydrogen-bond donors (Lipinski definition) is 1. The Morgan fingerprint density at radius 1 is 0.891 bits per heavy atom. The quantitative estimate of drug-likeness (QED) is 0.261. The van der Waals surface area contributed by atoms with Crippen molar-refractivity contribution in [2.75, 3.05) is 42.5 Å². The molecule has 9 nitrogen and oxygen atoms in total. The van der Waals surface area contributed by atoms with Gasteiger partial charge in [0, 0.05) is 43.3 Å². The number of anilines is 2. The maximum absolute atomic E-state index is 14.4. The standard InChI is InChI=1S/C32H30Cl2F2N6O3S/c33-21-7-12-25(26(34)18-21)28-19-23(38-32(39-28)41-16-14-40(15-17-41)29-5-2-1-4-27(29)36)20-37-31(43)30-6-3-13-42(30)46(44,45)24-10-8-22(35)9-11-24/h1-2,4-5,7-12,18-19,30H,3,6,13-17,20H2,(H,37,43). The lowest BCUT2D eigenvalue weighted by molar-refractivity contribution is -0.124. The molecule has 2 aliphatic heterocycles. The molecule has 1 unspecified atom stereocenters. The fraction of sp³-hybridized carbons (Fsp3) is 0.281. The van der Waals surface area contributed by atoms with Crippen LogP contribution in [0.25, 0.3) is 11.3 Å². The van der Waals surface area contributed by atoms with Crippen molar-refractivity contribution in [3.05, 3.63) is 100 Å². The van der Waals surface area contributed by atoms with Crippen LogP contribution < -0.4 is 15.1 Å². The molecule has 240 valence electrons. The first-order valence-corrected chi connectivity index (χ1v) is 16.9. The first-order valence-electron chi connectivity index (χ1n) is 14.7. The first-order chi connectivity index (χ1) is 22.1. The Bertz CT molecular complexity index is 1860. The fourth-order valence-corrected chi connectivity index (χ4v) is 7.90. The number of aromatic nitrogens is 2. The van der Waals surface area contributed by atoms with Gasteiger partial charge in [0.15, 0.2) is 0 Å². The van der Waals surface area contributed by atoms with Crippen molar-refractivity contribution in [1.82, 2.24) is 19.6 Å². The fourth-order valence-electron chi connectivity index (χ4n) is 5.73. The predicted molar refractivity (Wildman–Crippen MR) is 173 cm³/mol. The Kier molecular flexibility index (Phi) is 9.42. The molecule has 1 amide bonds. The number of benzene rings is 3. The molecule has 0 radical (unpaired) electrons. The number of nitrogens with one attached hydrogen (secondary N) is 1. The van der Waals surface area contributed by atoms with Gasteiger partial charge in [0.2, 0.25) is 21.9 Å². The second-order valence-corrected chi connectivity index (χ2v) is 13.8. The van der Waals surface area contributed by atoms with Crippen LogP contribution in [-0.2, 0) is 21.4 Å². The van der Waals surface area contributed by atoms with E-state index in [2.05, 4.69) is 5.32 Å². The van der Waals surface area contributed by atoms with Gasteiger partial charge < -0.3 is 15.1 Å². The number of halogens is 4. The number of amides is 1. The van der Waals surface area contributed by atoms with Gasteiger partial charge in [-0.25, -0.2) is 27.2 Å². The van der Waals surface area contributed by atoms with Crippen molar-refractivity contribution in [2.45, 2.75) is 30.3 Å². The lowest BCUT2D eigenvalue weighted by Gasteiger charge is -2.36. The van der Waals surface area contributed by atoms with Gasteiger partial charge in [-0.3, -0.25) is 4.79 Å². The lowest BCUT2D eigenvalue weighted by Crippen LogP contribution is -2.47. The molecule has 6 rings (SSSR count). The summed E-state index contributed by atoms with van der Waals surface area (Å²) in [6, 6.07) is 17.1. The third-order valence-electron chi connectivity index (χ3n) is 8.10. The van der Waals surface area contributed by atoms with Gasteiger partial charge in [-0.05, 0) is 73.5 Å². The molecule has 2 saturated heterocycles. The Morgan fingerprint density at radius 2 is 1.61 bits per heavy atom. The SMILES string of the molecule is O=C(NCc1cc(-c2ccc(Cl)cc2Cl)nc(N2CCN(c3ccccc3F)CC2)n1)C1CCCN1S(=O)(=O)c1ccc(F)cc1. The Labute approximate surface area is 275 Å². The minimum Gasteiger partial charge on any atom is -0.366 e. The molecule has 14 heteroatoms. The van der Waals surface area contributed by atoms with Crippen LogP contribution in [0.2, 0.25) is 10.0 Å². The number of para-hydroxylation sites is 1. The maximum atomic E-state index is 14.4. The molecule has 0 bridgehead atoms. The Balaban J connectivity index is 1.22. The van der Waals surface area contributed by atoms with E-state index in [9.17, 15) is 22.0 Å². The molecule has 0 aliphatic carbocycles. The minimum absolute atomic E-state index is 0.00267. The summed E-state index contributed by atoms with van der Waals surface area (Å²) >= 11 is 12.7. The number of sulfonamides is 1. The third kappa shape index (κ3) is 6.80. The summed E-state index contributed by atoms with van der Waals surface area (Å²) in [5.74, 6) is -0.878. The number of hydrogen-bond acceptors (Lipinski definition) is 7. The summed E-state index contributed by atoms with van der Waals surface area (Å²) in [5, 5.41) is 3.71. The molecule has 1 N–H and O–H groups in total. The molecule has 4 aromatic rings. The van der Waals surface area contributed by atoms with E-state index in [-0.39, 0.29) is 23.8 Å². The summed E-state index contributed by atoms with van der Waals surface area (Å²) < 4.78 is 55.6. The molecule has 0 spiro atoms. The van der Waals surface area contributed by atoms with Gasteiger partial charge in [-0.1, -0.05) is 35.3 Å². The van der Waals surface area contributed by atoms with E-state index in [0.29, 0.717) is 77.7 Å². The summed E-state index contributed by atoms with van der Waals surface area (Å²) in [7, 11) is -4.01. The topological polar surface area (TPSA) is 98.7 Å². The van der Waals surface area contributed by atoms with Gasteiger partial charge in [0.1, 0.15) is 17.7 Å². The van der Waals surface area contributed by atoms with Crippen LogP contribution in [0.3, 0.4) is 0 Å². The molecule has 2 fully saturated rings. The van der Waals surface area contributed by atoms with Crippen molar-refractivity contribution in [3.63, 3.8) is 0 Å². The van der Waals surface area contributed by atoms with E-state index in [1.165, 1.54) is 18.2 Å². The molecular formula is C32H30Cl2F2N6O3S. The normalized spacial score (nSPS) is 17.3. The van der Waals surface area contributed by atoms with Crippen LogP contribution in [0.15, 0.2) is 77.7 Å². The summed E-state index contributed by atoms with van der Waals surface area (Å²) in [6.45, 7) is 2.31. The van der Waals surface area contributed by atoms with Crippen LogP contribution in [0, 0.1) is 11.6 Å². The minimum atomic E-state index is -4.01. The largest absolute Gasteiger partial charge is 0.366 e. The van der Waals surface area contributed by atoms with E-state index in [4.69, 9.17) is 33.2 Å². The average molecular weight is 688 g/mol. The van der Waals surface area contributed by atoms with E-state index in [0.717, 1.165) is 16.4 Å². The van der Waals surface area contributed by atoms with E-state index >= 15 is 0 Å². The molecule has 46 heavy (non-hydrogen) atoms. The molecular weight excluding hydrogens is 657 g/mol. The highest BCUT2D eigenvalue weighted by molar-refractivity contribution is 7.89. The number of carbonyl (C=O) groups excluding carboxylic acids is 1. The monoisotopic (exact) mass is 686 g/mol. The van der Waals surface area contributed by atoms with E-state index < -0.39 is 27.8 Å². The van der Waals surface area contributed by atoms with Crippen molar-refractivity contribution in [1.29, 1.82) is 0 Å². The van der Waals surface area contributed by atoms with Gasteiger partial charge in [-0.2, -0.15) is 4.31 Å². The van der Waals surface area contributed by atoms with Crippen LogP contribution in [0.4, 0.5) is 20.4 Å². The van der Waals surface area contributed by atoms with E-state index in [1.54, 1.807) is 42.5 Å². The second kappa shape index (κ2) is 13.5. The Morgan fingerprint density at radius 3 is 2.33 bits per heavy atom. The number of carbonyl (C=O) groups is 1. The number of rotatable bonds is 8. The van der Waals surface area contributed by atoms with E-state index in [1.807, 2.05) is 9.80 Å². The summed E-state index contributed by atoms with van der Waals surface area (Å²) in [4.78, 5) is 26.8. The van der Waals surface area contributed by atoms with Crippen LogP contribution in [0.5, 0.6) is 0 Å². The van der Waals surface area contributed by atoms with Gasteiger partial charge in [0.25, 0.3) is 0 Å². The second-order valence-electron chi connectivity index (χ2n) is 11.0.